The van der Waals surface area contributed by atoms with Crippen LogP contribution in [0.15, 0.2) is 48.5 Å². The highest BCUT2D eigenvalue weighted by Crippen LogP contribution is 2.16. The van der Waals surface area contributed by atoms with E-state index in [0.29, 0.717) is 0 Å². The number of hydrogen-bond donors (Lipinski definition) is 1. The molecule has 2 aromatic rings. The number of aryl methyl sites for hydroxylation is 1. The van der Waals surface area contributed by atoms with Gasteiger partial charge in [0.15, 0.2) is 18.2 Å². The number of hydrogen-bond acceptors (Lipinski definition) is 3. The fourth-order valence-corrected chi connectivity index (χ4v) is 2.66. The second-order valence-electron chi connectivity index (χ2n) is 7.07. The normalized spacial score (nSPS) is 11.8. The number of carbonyl (C=O) groups is 2. The maximum absolute atomic E-state index is 13.7. The summed E-state index contributed by atoms with van der Waals surface area (Å²) in [4.78, 5) is 26.7. The Balaban J connectivity index is 2.15. The molecular formula is C22H27FN2O3. The van der Waals surface area contributed by atoms with Crippen LogP contribution in [0.4, 0.5) is 4.39 Å². The van der Waals surface area contributed by atoms with E-state index >= 15 is 0 Å². The predicted molar refractivity (Wildman–Crippen MR) is 106 cm³/mol. The van der Waals surface area contributed by atoms with Crippen LogP contribution < -0.4 is 10.1 Å². The Bertz CT molecular complexity index is 806. The zero-order valence-corrected chi connectivity index (χ0v) is 16.7. The highest BCUT2D eigenvalue weighted by molar-refractivity contribution is 5.88. The molecule has 0 heterocycles. The van der Waals surface area contributed by atoms with Gasteiger partial charge in [0.05, 0.1) is 0 Å². The third-order valence-corrected chi connectivity index (χ3v) is 4.26. The molecular weight excluding hydrogens is 359 g/mol. The van der Waals surface area contributed by atoms with Gasteiger partial charge in [0.25, 0.3) is 5.91 Å². The lowest BCUT2D eigenvalue weighted by Gasteiger charge is -2.29. The average Bonchev–Trinajstić information content (AvgIpc) is 2.65. The predicted octanol–water partition coefficient (Wildman–Crippen LogP) is 3.45. The first-order valence-electron chi connectivity index (χ1n) is 9.30. The summed E-state index contributed by atoms with van der Waals surface area (Å²) in [6, 6.07) is 12.9. The van der Waals surface area contributed by atoms with Gasteiger partial charge < -0.3 is 15.0 Å². The van der Waals surface area contributed by atoms with Crippen LogP contribution in [-0.2, 0) is 16.1 Å². The van der Waals surface area contributed by atoms with E-state index in [1.165, 1.54) is 17.0 Å². The van der Waals surface area contributed by atoms with Crippen molar-refractivity contribution in [3.8, 4) is 5.75 Å². The maximum Gasteiger partial charge on any atom is 0.261 e. The Morgan fingerprint density at radius 3 is 2.32 bits per heavy atom. The number of amides is 2. The lowest BCUT2D eigenvalue weighted by Crippen LogP contribution is -2.50. The number of carbonyl (C=O) groups excluding carboxylic acids is 2. The molecule has 0 fully saturated rings. The Morgan fingerprint density at radius 2 is 1.71 bits per heavy atom. The summed E-state index contributed by atoms with van der Waals surface area (Å²) < 4.78 is 19.1. The topological polar surface area (TPSA) is 58.6 Å². The van der Waals surface area contributed by atoms with E-state index < -0.39 is 17.8 Å². The third kappa shape index (κ3) is 6.08. The van der Waals surface area contributed by atoms with E-state index in [1.54, 1.807) is 19.1 Å². The first-order chi connectivity index (χ1) is 13.3. The number of halogens is 1. The van der Waals surface area contributed by atoms with Crippen molar-refractivity contribution in [2.24, 2.45) is 0 Å². The first-order valence-corrected chi connectivity index (χ1v) is 9.30. The van der Waals surface area contributed by atoms with Crippen LogP contribution >= 0.6 is 0 Å². The van der Waals surface area contributed by atoms with Crippen LogP contribution in [0.5, 0.6) is 5.75 Å². The molecule has 0 saturated carbocycles. The van der Waals surface area contributed by atoms with Crippen molar-refractivity contribution >= 4 is 11.8 Å². The summed E-state index contributed by atoms with van der Waals surface area (Å²) in [5.74, 6) is -1.17. The summed E-state index contributed by atoms with van der Waals surface area (Å²) in [5, 5.41) is 2.82. The molecule has 28 heavy (non-hydrogen) atoms. The third-order valence-electron chi connectivity index (χ3n) is 4.26. The number of ether oxygens (including phenoxy) is 1. The zero-order valence-electron chi connectivity index (χ0n) is 16.7. The molecule has 2 amide bonds. The van der Waals surface area contributed by atoms with Crippen LogP contribution in [0.25, 0.3) is 0 Å². The van der Waals surface area contributed by atoms with Crippen LogP contribution in [0.1, 0.15) is 31.9 Å². The Hall–Kier alpha value is -2.89. The largest absolute Gasteiger partial charge is 0.481 e. The molecule has 0 aromatic heterocycles. The van der Waals surface area contributed by atoms with Crippen molar-refractivity contribution in [2.45, 2.75) is 46.3 Å². The van der Waals surface area contributed by atoms with Crippen molar-refractivity contribution in [2.75, 3.05) is 6.61 Å². The number of benzene rings is 2. The minimum absolute atomic E-state index is 0.00502. The molecule has 0 aliphatic rings. The molecule has 0 saturated heterocycles. The van der Waals surface area contributed by atoms with Crippen molar-refractivity contribution in [1.29, 1.82) is 0 Å². The van der Waals surface area contributed by atoms with Crippen LogP contribution in [0.3, 0.4) is 0 Å². The molecule has 0 aliphatic heterocycles. The number of rotatable bonds is 8. The van der Waals surface area contributed by atoms with Gasteiger partial charge in [-0.05, 0) is 45.4 Å². The quantitative estimate of drug-likeness (QED) is 0.756. The fourth-order valence-electron chi connectivity index (χ4n) is 2.66. The number of nitrogens with zero attached hydrogens (tertiary/aromatic N) is 1. The van der Waals surface area contributed by atoms with Crippen molar-refractivity contribution in [3.63, 3.8) is 0 Å². The average molecular weight is 386 g/mol. The molecule has 1 N–H and O–H groups in total. The monoisotopic (exact) mass is 386 g/mol. The van der Waals surface area contributed by atoms with Gasteiger partial charge in [0.1, 0.15) is 6.04 Å². The van der Waals surface area contributed by atoms with E-state index in [0.717, 1.165) is 11.1 Å². The summed E-state index contributed by atoms with van der Waals surface area (Å²) >= 11 is 0. The molecule has 5 nitrogen and oxygen atoms in total. The molecule has 1 atom stereocenters. The highest BCUT2D eigenvalue weighted by Gasteiger charge is 2.27. The molecule has 2 aromatic carbocycles. The Kier molecular flexibility index (Phi) is 7.55. The van der Waals surface area contributed by atoms with Gasteiger partial charge in [-0.1, -0.05) is 42.0 Å². The van der Waals surface area contributed by atoms with Gasteiger partial charge in [0, 0.05) is 12.6 Å². The molecule has 0 bridgehead atoms. The lowest BCUT2D eigenvalue weighted by atomic mass is 10.1. The van der Waals surface area contributed by atoms with Crippen molar-refractivity contribution in [3.05, 3.63) is 65.5 Å². The minimum Gasteiger partial charge on any atom is -0.481 e. The number of nitrogens with one attached hydrogen (secondary N) is 1. The smallest absolute Gasteiger partial charge is 0.261 e. The fraction of sp³-hybridized carbons (Fsp3) is 0.364. The van der Waals surface area contributed by atoms with Gasteiger partial charge in [-0.2, -0.15) is 0 Å². The second-order valence-corrected chi connectivity index (χ2v) is 7.07. The van der Waals surface area contributed by atoms with E-state index in [1.807, 2.05) is 45.0 Å². The van der Waals surface area contributed by atoms with E-state index in [9.17, 15) is 14.0 Å². The molecule has 0 radical (unpaired) electrons. The Morgan fingerprint density at radius 1 is 1.07 bits per heavy atom. The molecule has 0 unspecified atom stereocenters. The molecule has 150 valence electrons. The first kappa shape index (κ1) is 21.4. The summed E-state index contributed by atoms with van der Waals surface area (Å²) in [6.07, 6.45) is 0. The van der Waals surface area contributed by atoms with E-state index in [2.05, 4.69) is 5.32 Å². The zero-order chi connectivity index (χ0) is 20.7. The maximum atomic E-state index is 13.7. The molecule has 2 rings (SSSR count). The summed E-state index contributed by atoms with van der Waals surface area (Å²) in [6.45, 7) is 7.27. The summed E-state index contributed by atoms with van der Waals surface area (Å²) in [7, 11) is 0. The van der Waals surface area contributed by atoms with E-state index in [-0.39, 0.29) is 30.9 Å². The highest BCUT2D eigenvalue weighted by atomic mass is 19.1. The van der Waals surface area contributed by atoms with Crippen LogP contribution in [0, 0.1) is 12.7 Å². The van der Waals surface area contributed by atoms with Gasteiger partial charge in [0.2, 0.25) is 5.91 Å². The van der Waals surface area contributed by atoms with Gasteiger partial charge in [-0.3, -0.25) is 9.59 Å². The Labute approximate surface area is 165 Å². The molecule has 0 spiro atoms. The van der Waals surface area contributed by atoms with Crippen molar-refractivity contribution < 1.29 is 18.7 Å². The standard InChI is InChI=1S/C22H27FN2O3/c1-15(2)24-22(27)17(4)25(13-18-11-9-16(3)10-12-18)21(26)14-28-20-8-6-5-7-19(20)23/h5-12,15,17H,13-14H2,1-4H3,(H,24,27)/t17-/m1/s1. The van der Waals surface area contributed by atoms with Gasteiger partial charge >= 0.3 is 0 Å². The SMILES string of the molecule is Cc1ccc(CN(C(=O)COc2ccccc2F)[C@H](C)C(=O)NC(C)C)cc1. The lowest BCUT2D eigenvalue weighted by molar-refractivity contribution is -0.142. The van der Waals surface area contributed by atoms with Crippen LogP contribution in [-0.4, -0.2) is 35.4 Å². The van der Waals surface area contributed by atoms with Gasteiger partial charge in [-0.25, -0.2) is 4.39 Å². The molecule has 6 heteroatoms. The van der Waals surface area contributed by atoms with Gasteiger partial charge in [-0.15, -0.1) is 0 Å². The van der Waals surface area contributed by atoms with E-state index in [4.69, 9.17) is 4.74 Å². The molecule has 0 aliphatic carbocycles. The minimum atomic E-state index is -0.694. The summed E-state index contributed by atoms with van der Waals surface area (Å²) in [5.41, 5.74) is 2.00. The van der Waals surface area contributed by atoms with Crippen molar-refractivity contribution in [1.82, 2.24) is 10.2 Å². The second kappa shape index (κ2) is 9.88. The number of para-hydroxylation sites is 1. The van der Waals surface area contributed by atoms with Crippen LogP contribution in [0.2, 0.25) is 0 Å².